The van der Waals surface area contributed by atoms with Crippen LogP contribution < -0.4 is 0 Å². The molecular formula is C22H13ClN4. The van der Waals surface area contributed by atoms with Crippen LogP contribution in [0.2, 0.25) is 5.02 Å². The fraction of sp³-hybridized carbons (Fsp3) is 0. The minimum Gasteiger partial charge on any atom is -0.208 e. The molecule has 4 aromatic rings. The number of halogens is 1. The number of benzene rings is 3. The molecule has 3 aromatic carbocycles. The number of aromatic nitrogens is 3. The largest absolute Gasteiger partial charge is 0.208 e. The Balaban J connectivity index is 1.94. The summed E-state index contributed by atoms with van der Waals surface area (Å²) >= 11 is 6.17. The van der Waals surface area contributed by atoms with Crippen molar-refractivity contribution in [2.45, 2.75) is 0 Å². The molecule has 128 valence electrons. The summed E-state index contributed by atoms with van der Waals surface area (Å²) < 4.78 is 0. The summed E-state index contributed by atoms with van der Waals surface area (Å²) in [5.41, 5.74) is 2.91. The maximum absolute atomic E-state index is 9.24. The summed E-state index contributed by atoms with van der Waals surface area (Å²) in [5, 5.41) is 9.70. The highest BCUT2D eigenvalue weighted by atomic mass is 35.5. The van der Waals surface area contributed by atoms with Crippen molar-refractivity contribution in [3.8, 4) is 40.2 Å². The molecule has 0 atom stereocenters. The molecule has 0 unspecified atom stereocenters. The lowest BCUT2D eigenvalue weighted by Gasteiger charge is -2.08. The van der Waals surface area contributed by atoms with E-state index in [1.807, 2.05) is 60.7 Å². The number of nitrogens with zero attached hydrogens (tertiary/aromatic N) is 4. The molecule has 1 heterocycles. The van der Waals surface area contributed by atoms with Gasteiger partial charge in [0.25, 0.3) is 0 Å². The van der Waals surface area contributed by atoms with Gasteiger partial charge in [-0.15, -0.1) is 0 Å². The van der Waals surface area contributed by atoms with Crippen molar-refractivity contribution in [1.29, 1.82) is 5.26 Å². The third-order valence-corrected chi connectivity index (χ3v) is 4.20. The lowest BCUT2D eigenvalue weighted by molar-refractivity contribution is 1.07. The smallest absolute Gasteiger partial charge is 0.164 e. The predicted molar refractivity (Wildman–Crippen MR) is 106 cm³/mol. The minimum atomic E-state index is 0.459. The maximum atomic E-state index is 9.24. The zero-order chi connectivity index (χ0) is 18.6. The second kappa shape index (κ2) is 7.36. The number of hydrogen-bond acceptors (Lipinski definition) is 4. The summed E-state index contributed by atoms with van der Waals surface area (Å²) in [6, 6.07) is 26.7. The van der Waals surface area contributed by atoms with E-state index in [2.05, 4.69) is 21.0 Å². The van der Waals surface area contributed by atoms with Gasteiger partial charge in [0.1, 0.15) is 0 Å². The molecule has 0 amide bonds. The van der Waals surface area contributed by atoms with E-state index < -0.39 is 0 Å². The monoisotopic (exact) mass is 368 g/mol. The molecule has 27 heavy (non-hydrogen) atoms. The van der Waals surface area contributed by atoms with Gasteiger partial charge in [-0.2, -0.15) is 5.26 Å². The van der Waals surface area contributed by atoms with E-state index >= 15 is 0 Å². The van der Waals surface area contributed by atoms with Crippen LogP contribution in [0.3, 0.4) is 0 Å². The van der Waals surface area contributed by atoms with Crippen LogP contribution in [0.1, 0.15) is 5.56 Å². The van der Waals surface area contributed by atoms with Crippen LogP contribution >= 0.6 is 11.6 Å². The summed E-state index contributed by atoms with van der Waals surface area (Å²) in [7, 11) is 0. The normalized spacial score (nSPS) is 10.4. The Morgan fingerprint density at radius 1 is 0.630 bits per heavy atom. The van der Waals surface area contributed by atoms with Crippen molar-refractivity contribution in [3.63, 3.8) is 0 Å². The van der Waals surface area contributed by atoms with Crippen LogP contribution in [0.15, 0.2) is 78.9 Å². The van der Waals surface area contributed by atoms with E-state index in [-0.39, 0.29) is 0 Å². The van der Waals surface area contributed by atoms with Crippen LogP contribution in [0.4, 0.5) is 0 Å². The molecule has 0 aliphatic heterocycles. The molecule has 0 aliphatic carbocycles. The molecule has 0 radical (unpaired) electrons. The Morgan fingerprint density at radius 2 is 1.11 bits per heavy atom. The Hall–Kier alpha value is -3.55. The molecule has 0 aliphatic rings. The number of nitriles is 1. The van der Waals surface area contributed by atoms with Gasteiger partial charge in [-0.3, -0.25) is 0 Å². The standard InChI is InChI=1S/C22H13ClN4/c23-19-12-15(14-24)11-18(13-19)22-26-20(16-7-3-1-4-8-16)25-21(27-22)17-9-5-2-6-10-17/h1-13H. The van der Waals surface area contributed by atoms with Gasteiger partial charge < -0.3 is 0 Å². The Kier molecular flexibility index (Phi) is 4.61. The van der Waals surface area contributed by atoms with E-state index in [1.54, 1.807) is 18.2 Å². The first-order valence-electron chi connectivity index (χ1n) is 8.31. The molecule has 0 saturated carbocycles. The Morgan fingerprint density at radius 3 is 1.59 bits per heavy atom. The number of hydrogen-bond donors (Lipinski definition) is 0. The van der Waals surface area contributed by atoms with Gasteiger partial charge in [-0.1, -0.05) is 72.3 Å². The number of rotatable bonds is 3. The first-order chi connectivity index (χ1) is 13.2. The molecule has 0 N–H and O–H groups in total. The summed E-state index contributed by atoms with van der Waals surface area (Å²) in [5.74, 6) is 1.61. The molecule has 0 spiro atoms. The van der Waals surface area contributed by atoms with Crippen molar-refractivity contribution in [2.75, 3.05) is 0 Å². The van der Waals surface area contributed by atoms with Crippen LogP contribution in [-0.2, 0) is 0 Å². The van der Waals surface area contributed by atoms with Gasteiger partial charge in [0, 0.05) is 21.7 Å². The average molecular weight is 369 g/mol. The first-order valence-corrected chi connectivity index (χ1v) is 8.69. The first kappa shape index (κ1) is 16.9. The van der Waals surface area contributed by atoms with E-state index in [9.17, 15) is 5.26 Å². The van der Waals surface area contributed by atoms with Crippen molar-refractivity contribution in [2.24, 2.45) is 0 Å². The highest BCUT2D eigenvalue weighted by Gasteiger charge is 2.13. The highest BCUT2D eigenvalue weighted by molar-refractivity contribution is 6.31. The van der Waals surface area contributed by atoms with E-state index in [0.717, 1.165) is 11.1 Å². The van der Waals surface area contributed by atoms with E-state index in [1.165, 1.54) is 0 Å². The zero-order valence-electron chi connectivity index (χ0n) is 14.2. The van der Waals surface area contributed by atoms with E-state index in [4.69, 9.17) is 11.6 Å². The van der Waals surface area contributed by atoms with Gasteiger partial charge in [-0.05, 0) is 18.2 Å². The van der Waals surface area contributed by atoms with Gasteiger partial charge >= 0.3 is 0 Å². The molecule has 0 saturated heterocycles. The van der Waals surface area contributed by atoms with Gasteiger partial charge in [0.05, 0.1) is 11.6 Å². The molecule has 0 fully saturated rings. The second-order valence-corrected chi connectivity index (χ2v) is 6.32. The molecular weight excluding hydrogens is 356 g/mol. The van der Waals surface area contributed by atoms with Crippen molar-refractivity contribution < 1.29 is 0 Å². The fourth-order valence-electron chi connectivity index (χ4n) is 2.72. The van der Waals surface area contributed by atoms with Gasteiger partial charge in [0.2, 0.25) is 0 Å². The fourth-order valence-corrected chi connectivity index (χ4v) is 2.96. The SMILES string of the molecule is N#Cc1cc(Cl)cc(-c2nc(-c3ccccc3)nc(-c3ccccc3)n2)c1. The summed E-state index contributed by atoms with van der Waals surface area (Å²) in [6.45, 7) is 0. The molecule has 0 bridgehead atoms. The van der Waals surface area contributed by atoms with Crippen LogP contribution in [0.5, 0.6) is 0 Å². The average Bonchev–Trinajstić information content (AvgIpc) is 2.74. The summed E-state index contributed by atoms with van der Waals surface area (Å²) in [4.78, 5) is 13.9. The van der Waals surface area contributed by atoms with Crippen molar-refractivity contribution >= 4 is 11.6 Å². The highest BCUT2D eigenvalue weighted by Crippen LogP contribution is 2.26. The lowest BCUT2D eigenvalue weighted by Crippen LogP contribution is -2.00. The second-order valence-electron chi connectivity index (χ2n) is 5.88. The van der Waals surface area contributed by atoms with Crippen molar-refractivity contribution in [3.05, 3.63) is 89.4 Å². The van der Waals surface area contributed by atoms with Gasteiger partial charge in [-0.25, -0.2) is 15.0 Å². The third kappa shape index (κ3) is 3.69. The topological polar surface area (TPSA) is 62.5 Å². The quantitative estimate of drug-likeness (QED) is 0.486. The summed E-state index contributed by atoms with van der Waals surface area (Å²) in [6.07, 6.45) is 0. The third-order valence-electron chi connectivity index (χ3n) is 3.98. The molecule has 4 rings (SSSR count). The van der Waals surface area contributed by atoms with Crippen LogP contribution in [0.25, 0.3) is 34.2 Å². The zero-order valence-corrected chi connectivity index (χ0v) is 14.9. The van der Waals surface area contributed by atoms with Gasteiger partial charge in [0.15, 0.2) is 17.5 Å². The van der Waals surface area contributed by atoms with Crippen molar-refractivity contribution in [1.82, 2.24) is 15.0 Å². The lowest BCUT2D eigenvalue weighted by atomic mass is 10.1. The predicted octanol–water partition coefficient (Wildman–Crippen LogP) is 5.40. The van der Waals surface area contributed by atoms with Crippen LogP contribution in [-0.4, -0.2) is 15.0 Å². The molecule has 1 aromatic heterocycles. The maximum Gasteiger partial charge on any atom is 0.164 e. The Bertz CT molecular complexity index is 1080. The van der Waals surface area contributed by atoms with Crippen LogP contribution in [0, 0.1) is 11.3 Å². The molecule has 4 nitrogen and oxygen atoms in total. The molecule has 5 heteroatoms. The Labute approximate surface area is 161 Å². The minimum absolute atomic E-state index is 0.459. The van der Waals surface area contributed by atoms with E-state index in [0.29, 0.717) is 33.6 Å².